The standard InChI is InChI=1S/C20H16BrFN2O3/c21-13-3-5-15-12(7-13)8-17(24-19(15)25)20(26)23-16-9-14(22)4-6-18(16)27-10-11-1-2-11/h3-9,11H,1-2,10H2,(H,23,26)(H,24,25). The van der Waals surface area contributed by atoms with Gasteiger partial charge in [-0.15, -0.1) is 0 Å². The van der Waals surface area contributed by atoms with E-state index in [1.807, 2.05) is 0 Å². The number of H-pyrrole nitrogens is 1. The number of aromatic nitrogens is 1. The lowest BCUT2D eigenvalue weighted by atomic mass is 10.1. The van der Waals surface area contributed by atoms with E-state index in [9.17, 15) is 14.0 Å². The number of hydrogen-bond donors (Lipinski definition) is 2. The smallest absolute Gasteiger partial charge is 0.272 e. The van der Waals surface area contributed by atoms with Crippen LogP contribution >= 0.6 is 15.9 Å². The molecule has 0 unspecified atom stereocenters. The van der Waals surface area contributed by atoms with Gasteiger partial charge >= 0.3 is 0 Å². The monoisotopic (exact) mass is 430 g/mol. The maximum Gasteiger partial charge on any atom is 0.272 e. The van der Waals surface area contributed by atoms with Gasteiger partial charge in [-0.05, 0) is 60.5 Å². The topological polar surface area (TPSA) is 71.2 Å². The van der Waals surface area contributed by atoms with Crippen molar-refractivity contribution in [2.24, 2.45) is 5.92 Å². The van der Waals surface area contributed by atoms with Crippen molar-refractivity contribution in [1.29, 1.82) is 0 Å². The molecule has 1 saturated carbocycles. The van der Waals surface area contributed by atoms with E-state index >= 15 is 0 Å². The van der Waals surface area contributed by atoms with E-state index in [2.05, 4.69) is 26.2 Å². The molecule has 7 heteroatoms. The molecule has 0 saturated heterocycles. The average molecular weight is 431 g/mol. The molecule has 1 aliphatic carbocycles. The molecule has 0 radical (unpaired) electrons. The fourth-order valence-electron chi connectivity index (χ4n) is 2.77. The lowest BCUT2D eigenvalue weighted by Gasteiger charge is -2.13. The van der Waals surface area contributed by atoms with Gasteiger partial charge in [-0.3, -0.25) is 9.59 Å². The molecule has 0 aliphatic heterocycles. The second-order valence-electron chi connectivity index (χ2n) is 6.59. The Morgan fingerprint density at radius 3 is 2.81 bits per heavy atom. The van der Waals surface area contributed by atoms with Crippen molar-refractivity contribution in [2.75, 3.05) is 11.9 Å². The zero-order chi connectivity index (χ0) is 19.0. The summed E-state index contributed by atoms with van der Waals surface area (Å²) in [6.07, 6.45) is 2.24. The molecular weight excluding hydrogens is 415 g/mol. The normalized spacial score (nSPS) is 13.6. The Balaban J connectivity index is 1.63. The first kappa shape index (κ1) is 17.7. The van der Waals surface area contributed by atoms with Crippen LogP contribution in [0.15, 0.2) is 51.7 Å². The Morgan fingerprint density at radius 1 is 1.22 bits per heavy atom. The van der Waals surface area contributed by atoms with Crippen LogP contribution in [-0.2, 0) is 0 Å². The number of rotatable bonds is 5. The lowest BCUT2D eigenvalue weighted by Crippen LogP contribution is -2.19. The highest BCUT2D eigenvalue weighted by atomic mass is 79.9. The number of hydrogen-bond acceptors (Lipinski definition) is 3. The van der Waals surface area contributed by atoms with Crippen LogP contribution in [0.4, 0.5) is 10.1 Å². The van der Waals surface area contributed by atoms with Crippen LogP contribution in [0.5, 0.6) is 5.75 Å². The number of amides is 1. The van der Waals surface area contributed by atoms with Gasteiger partial charge in [0.1, 0.15) is 17.3 Å². The van der Waals surface area contributed by atoms with Gasteiger partial charge in [-0.2, -0.15) is 0 Å². The van der Waals surface area contributed by atoms with Gasteiger partial charge in [-0.25, -0.2) is 4.39 Å². The number of aromatic amines is 1. The summed E-state index contributed by atoms with van der Waals surface area (Å²) in [5, 5.41) is 3.74. The van der Waals surface area contributed by atoms with Gasteiger partial charge in [0.25, 0.3) is 11.5 Å². The zero-order valence-corrected chi connectivity index (χ0v) is 15.8. The number of carbonyl (C=O) groups is 1. The van der Waals surface area contributed by atoms with Gasteiger partial charge < -0.3 is 15.0 Å². The van der Waals surface area contributed by atoms with E-state index in [-0.39, 0.29) is 16.9 Å². The summed E-state index contributed by atoms with van der Waals surface area (Å²) in [5.74, 6) is -0.104. The van der Waals surface area contributed by atoms with E-state index in [4.69, 9.17) is 4.74 Å². The Labute approximate surface area is 162 Å². The number of benzene rings is 2. The van der Waals surface area contributed by atoms with Crippen molar-refractivity contribution in [3.8, 4) is 5.75 Å². The molecule has 1 aliphatic rings. The van der Waals surface area contributed by atoms with Crippen molar-refractivity contribution < 1.29 is 13.9 Å². The van der Waals surface area contributed by atoms with Crippen molar-refractivity contribution in [3.05, 3.63) is 68.8 Å². The van der Waals surface area contributed by atoms with Gasteiger partial charge in [0.2, 0.25) is 0 Å². The third kappa shape index (κ3) is 4.03. The van der Waals surface area contributed by atoms with Gasteiger partial charge in [0.15, 0.2) is 0 Å². The van der Waals surface area contributed by atoms with Crippen molar-refractivity contribution in [1.82, 2.24) is 4.98 Å². The number of halogens is 2. The second kappa shape index (κ2) is 7.15. The van der Waals surface area contributed by atoms with E-state index in [1.165, 1.54) is 18.2 Å². The van der Waals surface area contributed by atoms with Crippen LogP contribution in [0.2, 0.25) is 0 Å². The highest BCUT2D eigenvalue weighted by Crippen LogP contribution is 2.32. The molecule has 0 bridgehead atoms. The van der Waals surface area contributed by atoms with E-state index < -0.39 is 11.7 Å². The fraction of sp³-hybridized carbons (Fsp3) is 0.200. The van der Waals surface area contributed by atoms with Crippen LogP contribution in [0, 0.1) is 11.7 Å². The highest BCUT2D eigenvalue weighted by Gasteiger charge is 2.23. The quantitative estimate of drug-likeness (QED) is 0.626. The maximum absolute atomic E-state index is 13.7. The molecule has 138 valence electrons. The summed E-state index contributed by atoms with van der Waals surface area (Å²) in [4.78, 5) is 27.4. The number of nitrogens with one attached hydrogen (secondary N) is 2. The van der Waals surface area contributed by atoms with E-state index in [0.717, 1.165) is 17.3 Å². The molecule has 3 aromatic rings. The largest absolute Gasteiger partial charge is 0.491 e. The highest BCUT2D eigenvalue weighted by molar-refractivity contribution is 9.10. The molecule has 4 rings (SSSR count). The molecule has 2 N–H and O–H groups in total. The average Bonchev–Trinajstić information content (AvgIpc) is 3.45. The third-order valence-corrected chi connectivity index (χ3v) is 4.91. The molecule has 0 atom stereocenters. The number of ether oxygens (including phenoxy) is 1. The van der Waals surface area contributed by atoms with Crippen molar-refractivity contribution in [3.63, 3.8) is 0 Å². The molecule has 27 heavy (non-hydrogen) atoms. The summed E-state index contributed by atoms with van der Waals surface area (Å²) in [5.41, 5.74) is -0.0477. The Bertz CT molecular complexity index is 1090. The first-order valence-electron chi connectivity index (χ1n) is 8.56. The minimum Gasteiger partial charge on any atom is -0.491 e. The summed E-state index contributed by atoms with van der Waals surface area (Å²) in [7, 11) is 0. The van der Waals surface area contributed by atoms with Gasteiger partial charge in [-0.1, -0.05) is 15.9 Å². The number of carbonyl (C=O) groups excluding carboxylic acids is 1. The number of anilines is 1. The molecular formula is C20H16BrFN2O3. The second-order valence-corrected chi connectivity index (χ2v) is 7.51. The summed E-state index contributed by atoms with van der Waals surface area (Å²) >= 11 is 3.35. The predicted octanol–water partition coefficient (Wildman–Crippen LogP) is 4.47. The van der Waals surface area contributed by atoms with Crippen LogP contribution in [0.25, 0.3) is 10.8 Å². The van der Waals surface area contributed by atoms with E-state index in [0.29, 0.717) is 29.0 Å². The van der Waals surface area contributed by atoms with Crippen LogP contribution < -0.4 is 15.6 Å². The van der Waals surface area contributed by atoms with Crippen LogP contribution in [0.3, 0.4) is 0 Å². The van der Waals surface area contributed by atoms with Crippen molar-refractivity contribution in [2.45, 2.75) is 12.8 Å². The predicted molar refractivity (Wildman–Crippen MR) is 105 cm³/mol. The molecule has 5 nitrogen and oxygen atoms in total. The molecule has 1 aromatic heterocycles. The Morgan fingerprint density at radius 2 is 2.04 bits per heavy atom. The maximum atomic E-state index is 13.7. The SMILES string of the molecule is O=C(Nc1cc(F)ccc1OCC1CC1)c1cc2cc(Br)ccc2c(=O)[nH]1. The van der Waals surface area contributed by atoms with Crippen LogP contribution in [-0.4, -0.2) is 17.5 Å². The lowest BCUT2D eigenvalue weighted by molar-refractivity contribution is 0.102. The first-order valence-corrected chi connectivity index (χ1v) is 9.35. The fourth-order valence-corrected chi connectivity index (χ4v) is 3.15. The van der Waals surface area contributed by atoms with Crippen molar-refractivity contribution >= 4 is 38.3 Å². The number of pyridine rings is 1. The molecule has 0 spiro atoms. The molecule has 1 heterocycles. The molecule has 2 aromatic carbocycles. The zero-order valence-electron chi connectivity index (χ0n) is 14.2. The van der Waals surface area contributed by atoms with Gasteiger partial charge in [0, 0.05) is 15.9 Å². The Hall–Kier alpha value is -2.67. The third-order valence-electron chi connectivity index (χ3n) is 4.41. The summed E-state index contributed by atoms with van der Waals surface area (Å²) < 4.78 is 20.2. The summed E-state index contributed by atoms with van der Waals surface area (Å²) in [6, 6.07) is 10.8. The summed E-state index contributed by atoms with van der Waals surface area (Å²) in [6.45, 7) is 0.537. The number of fused-ring (bicyclic) bond motifs is 1. The minimum atomic E-state index is -0.546. The van der Waals surface area contributed by atoms with E-state index in [1.54, 1.807) is 24.3 Å². The van der Waals surface area contributed by atoms with Crippen LogP contribution in [0.1, 0.15) is 23.3 Å². The molecule has 1 amide bonds. The minimum absolute atomic E-state index is 0.0861. The Kier molecular flexibility index (Phi) is 4.70. The molecule has 1 fully saturated rings. The first-order chi connectivity index (χ1) is 13.0. The van der Waals surface area contributed by atoms with Gasteiger partial charge in [0.05, 0.1) is 12.3 Å².